The first-order chi connectivity index (χ1) is 6.15. The fraction of sp³-hybridized carbons (Fsp3) is 0.727. The van der Waals surface area contributed by atoms with E-state index >= 15 is 0 Å². The van der Waals surface area contributed by atoms with Crippen LogP contribution in [0.25, 0.3) is 0 Å². The van der Waals surface area contributed by atoms with Gasteiger partial charge in [0.15, 0.2) is 5.12 Å². The maximum atomic E-state index is 11.7. The summed E-state index contributed by atoms with van der Waals surface area (Å²) in [7, 11) is 0. The van der Waals surface area contributed by atoms with E-state index in [0.717, 1.165) is 0 Å². The first kappa shape index (κ1) is 13.7. The molecule has 0 heterocycles. The first-order valence-corrected chi connectivity index (χ1v) is 5.53. The molecule has 82 valence electrons. The topological polar surface area (TPSA) is 37.3 Å². The molecule has 0 bridgehead atoms. The highest BCUT2D eigenvalue weighted by atomic mass is 32.2. The second-order valence-corrected chi connectivity index (χ2v) is 6.44. The van der Waals surface area contributed by atoms with Crippen LogP contribution in [-0.2, 0) is 4.79 Å². The van der Waals surface area contributed by atoms with Gasteiger partial charge >= 0.3 is 0 Å². The van der Waals surface area contributed by atoms with Gasteiger partial charge in [0.1, 0.15) is 0 Å². The van der Waals surface area contributed by atoms with E-state index in [2.05, 4.69) is 6.58 Å². The van der Waals surface area contributed by atoms with Crippen LogP contribution in [-0.4, -0.2) is 21.1 Å². The zero-order valence-electron chi connectivity index (χ0n) is 9.63. The summed E-state index contributed by atoms with van der Waals surface area (Å²) in [6.07, 6.45) is -0.725. The number of aliphatic hydroxyl groups is 1. The lowest BCUT2D eigenvalue weighted by atomic mass is 10.0. The second-order valence-electron chi connectivity index (χ2n) is 4.61. The number of thioether (sulfide) groups is 1. The zero-order chi connectivity index (χ0) is 11.5. The zero-order valence-corrected chi connectivity index (χ0v) is 10.4. The van der Waals surface area contributed by atoms with E-state index < -0.39 is 6.10 Å². The number of carbonyl (C=O) groups is 1. The summed E-state index contributed by atoms with van der Waals surface area (Å²) in [4.78, 5) is 11.7. The van der Waals surface area contributed by atoms with E-state index in [1.165, 1.54) is 11.8 Å². The molecule has 0 rings (SSSR count). The fourth-order valence-electron chi connectivity index (χ4n) is 0.950. The Labute approximate surface area is 90.8 Å². The van der Waals surface area contributed by atoms with Crippen LogP contribution in [0.3, 0.4) is 0 Å². The van der Waals surface area contributed by atoms with Crippen molar-refractivity contribution in [3.05, 3.63) is 12.2 Å². The normalized spacial score (nSPS) is 16.1. The summed E-state index contributed by atoms with van der Waals surface area (Å²) in [5.74, 6) is -0.378. The highest BCUT2D eigenvalue weighted by Gasteiger charge is 2.26. The predicted molar refractivity (Wildman–Crippen MR) is 62.3 cm³/mol. The molecule has 0 aromatic carbocycles. The summed E-state index contributed by atoms with van der Waals surface area (Å²) in [5, 5.41) is 9.65. The molecule has 0 aromatic rings. The number of hydrogen-bond donors (Lipinski definition) is 1. The molecule has 0 fully saturated rings. The molecule has 0 aliphatic heterocycles. The van der Waals surface area contributed by atoms with Gasteiger partial charge in [0.2, 0.25) is 0 Å². The molecule has 3 heteroatoms. The standard InChI is InChI=1S/C11H20O2S/c1-7(2)9(12)8(3)10(13)14-11(4,5)6/h8-9,12H,1H2,2-6H3/t8-,9-/m0/s1. The van der Waals surface area contributed by atoms with E-state index in [1.807, 2.05) is 20.8 Å². The van der Waals surface area contributed by atoms with Gasteiger partial charge in [0, 0.05) is 4.75 Å². The average Bonchev–Trinajstić information content (AvgIpc) is 1.98. The minimum absolute atomic E-state index is 0.0213. The molecular formula is C11H20O2S. The molecule has 0 radical (unpaired) electrons. The van der Waals surface area contributed by atoms with Crippen LogP contribution in [0, 0.1) is 5.92 Å². The lowest BCUT2D eigenvalue weighted by Gasteiger charge is -2.22. The first-order valence-electron chi connectivity index (χ1n) is 4.71. The fourth-order valence-corrected chi connectivity index (χ4v) is 1.87. The van der Waals surface area contributed by atoms with Crippen molar-refractivity contribution in [3.8, 4) is 0 Å². The van der Waals surface area contributed by atoms with E-state index in [9.17, 15) is 9.90 Å². The lowest BCUT2D eigenvalue weighted by Crippen LogP contribution is -2.27. The predicted octanol–water partition coefficient (Wildman–Crippen LogP) is 2.62. The monoisotopic (exact) mass is 216 g/mol. The highest BCUT2D eigenvalue weighted by molar-refractivity contribution is 8.14. The quantitative estimate of drug-likeness (QED) is 0.737. The third-order valence-electron chi connectivity index (χ3n) is 1.76. The van der Waals surface area contributed by atoms with Gasteiger partial charge in [-0.05, 0) is 6.92 Å². The Morgan fingerprint density at radius 1 is 1.43 bits per heavy atom. The highest BCUT2D eigenvalue weighted by Crippen LogP contribution is 2.28. The molecule has 0 spiro atoms. The maximum absolute atomic E-state index is 11.7. The molecule has 0 aliphatic carbocycles. The Kier molecular flexibility index (Phi) is 4.89. The molecule has 2 nitrogen and oxygen atoms in total. The van der Waals surface area contributed by atoms with Gasteiger partial charge in [-0.25, -0.2) is 0 Å². The number of aliphatic hydroxyl groups excluding tert-OH is 1. The molecule has 0 saturated heterocycles. The van der Waals surface area contributed by atoms with E-state index in [0.29, 0.717) is 5.57 Å². The van der Waals surface area contributed by atoms with Crippen molar-refractivity contribution in [2.24, 2.45) is 5.92 Å². The summed E-state index contributed by atoms with van der Waals surface area (Å²) in [6, 6.07) is 0. The van der Waals surface area contributed by atoms with Gasteiger partial charge in [-0.3, -0.25) is 4.79 Å². The Hall–Kier alpha value is -0.280. The van der Waals surface area contributed by atoms with Crippen LogP contribution in [0.15, 0.2) is 12.2 Å². The molecule has 14 heavy (non-hydrogen) atoms. The van der Waals surface area contributed by atoms with Crippen molar-refractivity contribution in [1.82, 2.24) is 0 Å². The largest absolute Gasteiger partial charge is 0.388 e. The van der Waals surface area contributed by atoms with E-state index in [4.69, 9.17) is 0 Å². The number of carbonyl (C=O) groups excluding carboxylic acids is 1. The smallest absolute Gasteiger partial charge is 0.195 e. The molecule has 0 unspecified atom stereocenters. The van der Waals surface area contributed by atoms with Crippen molar-refractivity contribution in [2.75, 3.05) is 0 Å². The molecule has 1 N–H and O–H groups in total. The van der Waals surface area contributed by atoms with Crippen LogP contribution in [0.1, 0.15) is 34.6 Å². The van der Waals surface area contributed by atoms with Crippen molar-refractivity contribution in [2.45, 2.75) is 45.5 Å². The Bertz CT molecular complexity index is 228. The molecule has 0 aliphatic rings. The summed E-state index contributed by atoms with van der Waals surface area (Å²) >= 11 is 1.27. The van der Waals surface area contributed by atoms with Crippen molar-refractivity contribution >= 4 is 16.9 Å². The molecule has 0 saturated carbocycles. The van der Waals surface area contributed by atoms with Gasteiger partial charge in [0.05, 0.1) is 12.0 Å². The SMILES string of the molecule is C=C(C)[C@H](O)[C@H](C)C(=O)SC(C)(C)C. The maximum Gasteiger partial charge on any atom is 0.195 e. The van der Waals surface area contributed by atoms with Crippen LogP contribution in [0.5, 0.6) is 0 Å². The summed E-state index contributed by atoms with van der Waals surface area (Å²) in [5.41, 5.74) is 0.639. The van der Waals surface area contributed by atoms with Crippen molar-refractivity contribution in [1.29, 1.82) is 0 Å². The van der Waals surface area contributed by atoms with Gasteiger partial charge in [0.25, 0.3) is 0 Å². The molecule has 0 amide bonds. The van der Waals surface area contributed by atoms with Gasteiger partial charge < -0.3 is 5.11 Å². The van der Waals surface area contributed by atoms with Gasteiger partial charge in [-0.2, -0.15) is 0 Å². The van der Waals surface area contributed by atoms with E-state index in [1.54, 1.807) is 13.8 Å². The Morgan fingerprint density at radius 3 is 2.14 bits per heavy atom. The van der Waals surface area contributed by atoms with Gasteiger partial charge in [-0.1, -0.05) is 51.6 Å². The molecule has 0 aromatic heterocycles. The lowest BCUT2D eigenvalue weighted by molar-refractivity contribution is -0.116. The summed E-state index contributed by atoms with van der Waals surface area (Å²) in [6.45, 7) is 13.1. The van der Waals surface area contributed by atoms with Crippen molar-refractivity contribution < 1.29 is 9.90 Å². The Balaban J connectivity index is 4.33. The number of hydrogen-bond acceptors (Lipinski definition) is 3. The third kappa shape index (κ3) is 4.82. The summed E-state index contributed by atoms with van der Waals surface area (Å²) < 4.78 is -0.0971. The van der Waals surface area contributed by atoms with Crippen molar-refractivity contribution in [3.63, 3.8) is 0 Å². The number of rotatable bonds is 3. The van der Waals surface area contributed by atoms with Crippen LogP contribution in [0.4, 0.5) is 0 Å². The van der Waals surface area contributed by atoms with Crippen LogP contribution in [0.2, 0.25) is 0 Å². The minimum Gasteiger partial charge on any atom is -0.388 e. The van der Waals surface area contributed by atoms with Gasteiger partial charge in [-0.15, -0.1) is 0 Å². The van der Waals surface area contributed by atoms with E-state index in [-0.39, 0.29) is 15.8 Å². The second kappa shape index (κ2) is 4.99. The van der Waals surface area contributed by atoms with Crippen LogP contribution >= 0.6 is 11.8 Å². The third-order valence-corrected chi connectivity index (χ3v) is 2.94. The van der Waals surface area contributed by atoms with Crippen LogP contribution < -0.4 is 0 Å². The average molecular weight is 216 g/mol. The Morgan fingerprint density at radius 2 is 1.86 bits per heavy atom. The molecule has 2 atom stereocenters. The molecular weight excluding hydrogens is 196 g/mol. The minimum atomic E-state index is -0.725.